The average molecular weight is 462 g/mol. The molecule has 0 bridgehead atoms. The quantitative estimate of drug-likeness (QED) is 0.341. The molecule has 7 nitrogen and oxygen atoms in total. The van der Waals surface area contributed by atoms with Crippen molar-refractivity contribution in [3.63, 3.8) is 0 Å². The first kappa shape index (κ1) is 22.3. The Morgan fingerprint density at radius 1 is 1.12 bits per heavy atom. The van der Waals surface area contributed by atoms with Gasteiger partial charge in [0.2, 0.25) is 5.89 Å². The van der Waals surface area contributed by atoms with Crippen molar-refractivity contribution in [3.8, 4) is 23.0 Å². The fourth-order valence-corrected chi connectivity index (χ4v) is 3.47. The second kappa shape index (κ2) is 9.30. The number of aromatic nitrogens is 1. The minimum absolute atomic E-state index is 0.000540. The van der Waals surface area contributed by atoms with Crippen LogP contribution >= 0.6 is 12.2 Å². The van der Waals surface area contributed by atoms with E-state index >= 15 is 0 Å². The molecule has 3 N–H and O–H groups in total. The number of aromatic hydroxyl groups is 1. The zero-order valence-electron chi connectivity index (χ0n) is 18.4. The third-order valence-electron chi connectivity index (χ3n) is 4.73. The Kier molecular flexibility index (Phi) is 6.28. The summed E-state index contributed by atoms with van der Waals surface area (Å²) in [4.78, 5) is 17.0. The molecule has 0 unspecified atom stereocenters. The Bertz CT molecular complexity index is 1350. The second-order valence-electron chi connectivity index (χ2n) is 7.82. The number of oxazole rings is 1. The summed E-state index contributed by atoms with van der Waals surface area (Å²) in [5, 5.41) is 16.1. The summed E-state index contributed by atoms with van der Waals surface area (Å²) in [5.74, 6) is 0.519. The molecule has 0 saturated heterocycles. The van der Waals surface area contributed by atoms with Crippen molar-refractivity contribution in [2.75, 3.05) is 5.32 Å². The van der Waals surface area contributed by atoms with Crippen molar-refractivity contribution in [3.05, 3.63) is 71.8 Å². The maximum Gasteiger partial charge on any atom is 0.257 e. The summed E-state index contributed by atoms with van der Waals surface area (Å²) in [7, 11) is 0. The van der Waals surface area contributed by atoms with E-state index in [0.717, 1.165) is 5.56 Å². The van der Waals surface area contributed by atoms with E-state index in [1.54, 1.807) is 36.4 Å². The van der Waals surface area contributed by atoms with Crippen LogP contribution in [0.3, 0.4) is 0 Å². The van der Waals surface area contributed by atoms with Crippen LogP contribution in [0.15, 0.2) is 65.1 Å². The number of carbonyl (C=O) groups is 1. The molecule has 0 radical (unpaired) electrons. The lowest BCUT2D eigenvalue weighted by Gasteiger charge is -2.12. The van der Waals surface area contributed by atoms with Gasteiger partial charge in [-0.1, -0.05) is 12.1 Å². The molecule has 3 aromatic carbocycles. The van der Waals surface area contributed by atoms with Crippen LogP contribution in [0, 0.1) is 6.92 Å². The standard InChI is InChI=1S/C25H23N3O4S/c1-14(2)31-18-6-4-5-16(12-18)23(30)28-25(33)26-17-8-9-19(21(29)13-17)24-27-20-10-7-15(3)11-22(20)32-24/h4-14,29H,1-3H3,(H2,26,28,30,33). The molecule has 0 fully saturated rings. The van der Waals surface area contributed by atoms with Crippen molar-refractivity contribution < 1.29 is 19.1 Å². The number of hydrogen-bond acceptors (Lipinski definition) is 6. The van der Waals surface area contributed by atoms with Gasteiger partial charge in [0.05, 0.1) is 11.7 Å². The number of carbonyl (C=O) groups excluding carboxylic acids is 1. The number of phenols is 1. The Morgan fingerprint density at radius 2 is 1.94 bits per heavy atom. The number of phenolic OH excluding ortho intramolecular Hbond substituents is 1. The molecule has 33 heavy (non-hydrogen) atoms. The fraction of sp³-hybridized carbons (Fsp3) is 0.160. The van der Waals surface area contributed by atoms with Crippen LogP contribution in [0.5, 0.6) is 11.5 Å². The molecule has 0 spiro atoms. The van der Waals surface area contributed by atoms with E-state index in [-0.39, 0.29) is 22.9 Å². The van der Waals surface area contributed by atoms with Crippen LogP contribution in [0.2, 0.25) is 0 Å². The summed E-state index contributed by atoms with van der Waals surface area (Å²) in [6.07, 6.45) is 0.000540. The number of benzene rings is 3. The molecule has 168 valence electrons. The van der Waals surface area contributed by atoms with Gasteiger partial charge in [0.15, 0.2) is 10.7 Å². The second-order valence-corrected chi connectivity index (χ2v) is 8.23. The Labute approximate surface area is 196 Å². The molecule has 0 aliphatic carbocycles. The molecule has 0 atom stereocenters. The monoisotopic (exact) mass is 461 g/mol. The van der Waals surface area contributed by atoms with Crippen molar-refractivity contribution in [2.45, 2.75) is 26.9 Å². The van der Waals surface area contributed by atoms with Gasteiger partial charge >= 0.3 is 0 Å². The Balaban J connectivity index is 1.44. The predicted octanol–water partition coefficient (Wildman–Crippen LogP) is 5.42. The van der Waals surface area contributed by atoms with Gasteiger partial charge in [0, 0.05) is 17.3 Å². The molecule has 1 amide bonds. The topological polar surface area (TPSA) is 96.6 Å². The molecule has 1 aromatic heterocycles. The molecule has 0 aliphatic rings. The first-order chi connectivity index (χ1) is 15.8. The molecule has 0 aliphatic heterocycles. The highest BCUT2D eigenvalue weighted by atomic mass is 32.1. The van der Waals surface area contributed by atoms with Gasteiger partial charge in [-0.3, -0.25) is 10.1 Å². The number of nitrogens with one attached hydrogen (secondary N) is 2. The molecule has 4 rings (SSSR count). The number of anilines is 1. The van der Waals surface area contributed by atoms with Gasteiger partial charge in [-0.15, -0.1) is 0 Å². The van der Waals surface area contributed by atoms with Crippen molar-refractivity contribution >= 4 is 40.0 Å². The maximum absolute atomic E-state index is 12.5. The van der Waals surface area contributed by atoms with E-state index in [1.165, 1.54) is 6.07 Å². The van der Waals surface area contributed by atoms with Gasteiger partial charge in [0.1, 0.15) is 17.0 Å². The molecular weight excluding hydrogens is 438 g/mol. The number of nitrogens with zero attached hydrogens (tertiary/aromatic N) is 1. The SMILES string of the molecule is Cc1ccc2nc(-c3ccc(NC(=S)NC(=O)c4cccc(OC(C)C)c4)cc3O)oc2c1. The van der Waals surface area contributed by atoms with E-state index in [9.17, 15) is 9.90 Å². The zero-order valence-corrected chi connectivity index (χ0v) is 19.2. The highest BCUT2D eigenvalue weighted by Gasteiger charge is 2.14. The first-order valence-electron chi connectivity index (χ1n) is 10.4. The molecule has 1 heterocycles. The third kappa shape index (κ3) is 5.30. The number of rotatable bonds is 5. The van der Waals surface area contributed by atoms with Crippen molar-refractivity contribution in [2.24, 2.45) is 0 Å². The van der Waals surface area contributed by atoms with Crippen molar-refractivity contribution in [1.82, 2.24) is 10.3 Å². The van der Waals surface area contributed by atoms with E-state index in [1.807, 2.05) is 39.0 Å². The normalized spacial score (nSPS) is 10.9. The maximum atomic E-state index is 12.5. The van der Waals surface area contributed by atoms with E-state index in [4.69, 9.17) is 21.4 Å². The predicted molar refractivity (Wildman–Crippen MR) is 132 cm³/mol. The Morgan fingerprint density at radius 3 is 2.70 bits per heavy atom. The van der Waals surface area contributed by atoms with Gasteiger partial charge < -0.3 is 19.6 Å². The number of ether oxygens (including phenoxy) is 1. The highest BCUT2D eigenvalue weighted by molar-refractivity contribution is 7.80. The fourth-order valence-electron chi connectivity index (χ4n) is 3.26. The number of hydrogen-bond donors (Lipinski definition) is 3. The van der Waals surface area contributed by atoms with Gasteiger partial charge in [-0.2, -0.15) is 0 Å². The largest absolute Gasteiger partial charge is 0.507 e. The smallest absolute Gasteiger partial charge is 0.257 e. The van der Waals surface area contributed by atoms with Gasteiger partial charge in [0.25, 0.3) is 5.91 Å². The van der Waals surface area contributed by atoms with Crippen LogP contribution in [0.4, 0.5) is 5.69 Å². The van der Waals surface area contributed by atoms with Crippen LogP contribution < -0.4 is 15.4 Å². The summed E-state index contributed by atoms with van der Waals surface area (Å²) in [6, 6.07) is 17.4. The Hall–Kier alpha value is -3.91. The summed E-state index contributed by atoms with van der Waals surface area (Å²) >= 11 is 5.25. The lowest BCUT2D eigenvalue weighted by molar-refractivity contribution is 0.0977. The number of thiocarbonyl (C=S) groups is 1. The van der Waals surface area contributed by atoms with Crippen molar-refractivity contribution in [1.29, 1.82) is 0 Å². The van der Waals surface area contributed by atoms with Crippen LogP contribution in [-0.4, -0.2) is 27.2 Å². The van der Waals surface area contributed by atoms with Crippen LogP contribution in [0.25, 0.3) is 22.6 Å². The first-order valence-corrected chi connectivity index (χ1v) is 10.8. The lowest BCUT2D eigenvalue weighted by Crippen LogP contribution is -2.34. The summed E-state index contributed by atoms with van der Waals surface area (Å²) in [5.41, 5.74) is 3.80. The highest BCUT2D eigenvalue weighted by Crippen LogP contribution is 2.33. The van der Waals surface area contributed by atoms with Crippen LogP contribution in [0.1, 0.15) is 29.8 Å². The minimum atomic E-state index is -0.371. The van der Waals surface area contributed by atoms with Crippen LogP contribution in [-0.2, 0) is 0 Å². The summed E-state index contributed by atoms with van der Waals surface area (Å²) in [6.45, 7) is 5.80. The molecule has 4 aromatic rings. The minimum Gasteiger partial charge on any atom is -0.507 e. The third-order valence-corrected chi connectivity index (χ3v) is 4.93. The van der Waals surface area contributed by atoms with Gasteiger partial charge in [-0.05, 0) is 81.0 Å². The van der Waals surface area contributed by atoms with E-state index in [0.29, 0.717) is 39.6 Å². The van der Waals surface area contributed by atoms with E-state index < -0.39 is 0 Å². The van der Waals surface area contributed by atoms with Gasteiger partial charge in [-0.25, -0.2) is 4.98 Å². The number of amides is 1. The molecule has 0 saturated carbocycles. The zero-order chi connectivity index (χ0) is 23.5. The average Bonchev–Trinajstić information content (AvgIpc) is 3.16. The number of aryl methyl sites for hydroxylation is 1. The summed E-state index contributed by atoms with van der Waals surface area (Å²) < 4.78 is 11.4. The lowest BCUT2D eigenvalue weighted by atomic mass is 10.2. The number of fused-ring (bicyclic) bond motifs is 1. The molecule has 8 heteroatoms. The molecular formula is C25H23N3O4S. The van der Waals surface area contributed by atoms with E-state index in [2.05, 4.69) is 15.6 Å².